The second-order valence-electron chi connectivity index (χ2n) is 4.20. The lowest BCUT2D eigenvalue weighted by Gasteiger charge is -2.07. The highest BCUT2D eigenvalue weighted by atomic mass is 19.1. The molecule has 0 saturated carbocycles. The van der Waals surface area contributed by atoms with Gasteiger partial charge in [-0.05, 0) is 13.8 Å². The number of nitrogens with two attached hydrogens (primary N) is 1. The number of nitrogens with one attached hydrogen (secondary N) is 2. The number of hydrogen-bond donors (Lipinski definition) is 3. The van der Waals surface area contributed by atoms with Gasteiger partial charge in [0.2, 0.25) is 0 Å². The highest BCUT2D eigenvalue weighted by molar-refractivity contribution is 5.97. The van der Waals surface area contributed by atoms with Crippen LogP contribution in [-0.4, -0.2) is 21.3 Å². The van der Waals surface area contributed by atoms with Crippen molar-refractivity contribution in [1.82, 2.24) is 15.4 Å². The zero-order valence-electron chi connectivity index (χ0n) is 9.82. The van der Waals surface area contributed by atoms with Crippen LogP contribution in [0.1, 0.15) is 30.0 Å². The van der Waals surface area contributed by atoms with Gasteiger partial charge in [0.1, 0.15) is 11.4 Å². The van der Waals surface area contributed by atoms with Crippen molar-refractivity contribution in [2.24, 2.45) is 5.73 Å². The average molecular weight is 253 g/mol. The fourth-order valence-corrected chi connectivity index (χ4v) is 1.31. The molecule has 0 aliphatic rings. The van der Waals surface area contributed by atoms with Crippen LogP contribution in [-0.2, 0) is 5.67 Å². The van der Waals surface area contributed by atoms with Crippen LogP contribution in [0.3, 0.4) is 0 Å². The van der Waals surface area contributed by atoms with E-state index in [-0.39, 0.29) is 23.0 Å². The fraction of sp³-hybridized carbons (Fsp3) is 0.300. The largest absolute Gasteiger partial charge is 0.365 e. The number of carbonyl (C=O) groups is 1. The lowest BCUT2D eigenvalue weighted by molar-refractivity contribution is 0.100. The predicted molar refractivity (Wildman–Crippen MR) is 61.0 cm³/mol. The van der Waals surface area contributed by atoms with Gasteiger partial charge in [0.25, 0.3) is 5.91 Å². The Morgan fingerprint density at radius 3 is 2.89 bits per heavy atom. The number of hydrogen-bond acceptors (Lipinski definition) is 5. The SMILES string of the molecule is CC(C)(F)c1cc(Nc2[nH]ncc2C(N)=O)no1. The number of anilines is 2. The number of rotatable bonds is 4. The molecule has 0 aliphatic heterocycles. The first-order valence-corrected chi connectivity index (χ1v) is 5.14. The van der Waals surface area contributed by atoms with Gasteiger partial charge < -0.3 is 15.6 Å². The Balaban J connectivity index is 2.22. The molecule has 4 N–H and O–H groups in total. The molecule has 0 radical (unpaired) electrons. The van der Waals surface area contributed by atoms with Crippen molar-refractivity contribution >= 4 is 17.5 Å². The third-order valence-electron chi connectivity index (χ3n) is 2.25. The second-order valence-corrected chi connectivity index (χ2v) is 4.20. The van der Waals surface area contributed by atoms with E-state index >= 15 is 0 Å². The van der Waals surface area contributed by atoms with Crippen molar-refractivity contribution < 1.29 is 13.7 Å². The molecule has 0 aromatic carbocycles. The molecule has 2 heterocycles. The Bertz CT molecular complexity index is 569. The molecular weight excluding hydrogens is 241 g/mol. The first-order valence-electron chi connectivity index (χ1n) is 5.14. The molecule has 0 fully saturated rings. The van der Waals surface area contributed by atoms with Gasteiger partial charge in [0, 0.05) is 6.07 Å². The Morgan fingerprint density at radius 2 is 2.33 bits per heavy atom. The van der Waals surface area contributed by atoms with Gasteiger partial charge in [-0.1, -0.05) is 5.16 Å². The monoisotopic (exact) mass is 253 g/mol. The minimum absolute atomic E-state index is 0.0742. The second kappa shape index (κ2) is 4.13. The summed E-state index contributed by atoms with van der Waals surface area (Å²) in [6.07, 6.45) is 1.28. The zero-order valence-corrected chi connectivity index (χ0v) is 9.82. The van der Waals surface area contributed by atoms with Crippen LogP contribution in [0, 0.1) is 0 Å². The third-order valence-corrected chi connectivity index (χ3v) is 2.25. The van der Waals surface area contributed by atoms with Crippen molar-refractivity contribution in [3.63, 3.8) is 0 Å². The summed E-state index contributed by atoms with van der Waals surface area (Å²) in [7, 11) is 0. The minimum Gasteiger partial charge on any atom is -0.365 e. The first kappa shape index (κ1) is 12.1. The van der Waals surface area contributed by atoms with Gasteiger partial charge in [-0.2, -0.15) is 5.10 Å². The van der Waals surface area contributed by atoms with E-state index < -0.39 is 11.6 Å². The van der Waals surface area contributed by atoms with Crippen LogP contribution in [0.25, 0.3) is 0 Å². The molecular formula is C10H12FN5O2. The highest BCUT2D eigenvalue weighted by Crippen LogP contribution is 2.27. The standard InChI is InChI=1S/C10H12FN5O2/c1-10(2,11)6-3-7(16-18-6)14-9-5(8(12)17)4-13-15-9/h3-4H,1-2H3,(H2,12,17)(H2,13,14,15,16). The van der Waals surface area contributed by atoms with E-state index in [9.17, 15) is 9.18 Å². The molecule has 0 bridgehead atoms. The van der Waals surface area contributed by atoms with Gasteiger partial charge in [-0.15, -0.1) is 0 Å². The number of carbonyl (C=O) groups excluding carboxylic acids is 1. The number of aromatic amines is 1. The molecule has 0 saturated heterocycles. The van der Waals surface area contributed by atoms with E-state index in [1.165, 1.54) is 26.1 Å². The summed E-state index contributed by atoms with van der Waals surface area (Å²) >= 11 is 0. The number of H-pyrrole nitrogens is 1. The summed E-state index contributed by atoms with van der Waals surface area (Å²) in [4.78, 5) is 11.1. The summed E-state index contributed by atoms with van der Waals surface area (Å²) in [6, 6.07) is 1.39. The quantitative estimate of drug-likeness (QED) is 0.763. The molecule has 2 aromatic rings. The number of alkyl halides is 1. The van der Waals surface area contributed by atoms with Crippen molar-refractivity contribution in [2.75, 3.05) is 5.32 Å². The molecule has 96 valence electrons. The number of nitrogens with zero attached hydrogens (tertiary/aromatic N) is 2. The average Bonchev–Trinajstić information content (AvgIpc) is 2.85. The molecule has 2 rings (SSSR count). The number of aromatic nitrogens is 3. The van der Waals surface area contributed by atoms with Gasteiger partial charge in [-0.3, -0.25) is 9.89 Å². The van der Waals surface area contributed by atoms with Gasteiger partial charge in [0.15, 0.2) is 17.2 Å². The number of amides is 1. The van der Waals surface area contributed by atoms with E-state index in [1.54, 1.807) is 0 Å². The third kappa shape index (κ3) is 2.31. The van der Waals surface area contributed by atoms with Crippen molar-refractivity contribution in [1.29, 1.82) is 0 Å². The summed E-state index contributed by atoms with van der Waals surface area (Å²) < 4.78 is 18.4. The lowest BCUT2D eigenvalue weighted by Crippen LogP contribution is -2.12. The van der Waals surface area contributed by atoms with E-state index in [1.807, 2.05) is 0 Å². The normalized spacial score (nSPS) is 11.5. The van der Waals surface area contributed by atoms with Crippen LogP contribution in [0.2, 0.25) is 0 Å². The fourth-order valence-electron chi connectivity index (χ4n) is 1.31. The Morgan fingerprint density at radius 1 is 1.61 bits per heavy atom. The van der Waals surface area contributed by atoms with E-state index in [0.717, 1.165) is 0 Å². The zero-order chi connectivity index (χ0) is 13.3. The predicted octanol–water partition coefficient (Wildman–Crippen LogP) is 1.44. The molecule has 0 spiro atoms. The van der Waals surface area contributed by atoms with Crippen LogP contribution < -0.4 is 11.1 Å². The molecule has 0 aliphatic carbocycles. The van der Waals surface area contributed by atoms with E-state index in [0.29, 0.717) is 0 Å². The Labute approximate surface area is 102 Å². The lowest BCUT2D eigenvalue weighted by atomic mass is 10.1. The summed E-state index contributed by atoms with van der Waals surface area (Å²) in [5.41, 5.74) is 3.69. The van der Waals surface area contributed by atoms with Crippen LogP contribution >= 0.6 is 0 Å². The maximum Gasteiger partial charge on any atom is 0.254 e. The van der Waals surface area contributed by atoms with Crippen molar-refractivity contribution in [2.45, 2.75) is 19.5 Å². The van der Waals surface area contributed by atoms with E-state index in [2.05, 4.69) is 20.7 Å². The molecule has 8 heteroatoms. The summed E-state index contributed by atoms with van der Waals surface area (Å²) in [6.45, 7) is 2.70. The molecule has 1 amide bonds. The van der Waals surface area contributed by atoms with Crippen LogP contribution in [0.15, 0.2) is 16.8 Å². The van der Waals surface area contributed by atoms with Crippen LogP contribution in [0.5, 0.6) is 0 Å². The Kier molecular flexibility index (Phi) is 2.77. The van der Waals surface area contributed by atoms with Gasteiger partial charge in [-0.25, -0.2) is 4.39 Å². The van der Waals surface area contributed by atoms with Gasteiger partial charge >= 0.3 is 0 Å². The first-order chi connectivity index (χ1) is 8.38. The topological polar surface area (TPSA) is 110 Å². The molecule has 2 aromatic heterocycles. The van der Waals surface area contributed by atoms with Gasteiger partial charge in [0.05, 0.1) is 6.20 Å². The van der Waals surface area contributed by atoms with Crippen molar-refractivity contribution in [3.8, 4) is 0 Å². The van der Waals surface area contributed by atoms with Crippen LogP contribution in [0.4, 0.5) is 16.0 Å². The summed E-state index contributed by atoms with van der Waals surface area (Å²) in [5, 5.41) is 12.6. The maximum atomic E-state index is 13.6. The molecule has 7 nitrogen and oxygen atoms in total. The maximum absolute atomic E-state index is 13.6. The highest BCUT2D eigenvalue weighted by Gasteiger charge is 2.25. The van der Waals surface area contributed by atoms with E-state index in [4.69, 9.17) is 10.3 Å². The molecule has 0 atom stereocenters. The summed E-state index contributed by atoms with van der Waals surface area (Å²) in [5.74, 6) is -0.0348. The number of primary amides is 1. The smallest absolute Gasteiger partial charge is 0.254 e. The molecule has 18 heavy (non-hydrogen) atoms. The number of halogens is 1. The Hall–Kier alpha value is -2.38. The molecule has 0 unspecified atom stereocenters. The minimum atomic E-state index is -1.63. The van der Waals surface area contributed by atoms with Crippen molar-refractivity contribution in [3.05, 3.63) is 23.6 Å².